The van der Waals surface area contributed by atoms with E-state index in [2.05, 4.69) is 5.32 Å². The highest BCUT2D eigenvalue weighted by molar-refractivity contribution is 5.87. The zero-order valence-corrected chi connectivity index (χ0v) is 14.7. The molecule has 1 aliphatic heterocycles. The van der Waals surface area contributed by atoms with Gasteiger partial charge >= 0.3 is 6.09 Å². The third-order valence-corrected chi connectivity index (χ3v) is 4.35. The molecule has 1 fully saturated rings. The summed E-state index contributed by atoms with van der Waals surface area (Å²) in [6.45, 7) is 0.912. The third kappa shape index (κ3) is 4.33. The Morgan fingerprint density at radius 1 is 1.15 bits per heavy atom. The van der Waals surface area contributed by atoms with E-state index in [1.165, 1.54) is 4.90 Å². The van der Waals surface area contributed by atoms with E-state index in [-0.39, 0.29) is 12.5 Å². The quantitative estimate of drug-likeness (QED) is 0.829. The third-order valence-electron chi connectivity index (χ3n) is 4.35. The highest BCUT2D eigenvalue weighted by Crippen LogP contribution is 2.19. The molecule has 0 unspecified atom stereocenters. The van der Waals surface area contributed by atoms with Crippen molar-refractivity contribution in [3.05, 3.63) is 65.7 Å². The van der Waals surface area contributed by atoms with Gasteiger partial charge in [-0.3, -0.25) is 9.69 Å². The Hall–Kier alpha value is -3.02. The van der Waals surface area contributed by atoms with Crippen LogP contribution in [0.4, 0.5) is 4.79 Å². The average molecular weight is 354 g/mol. The molecule has 1 aliphatic rings. The van der Waals surface area contributed by atoms with Crippen LogP contribution in [0.3, 0.4) is 0 Å². The van der Waals surface area contributed by atoms with Crippen LogP contribution in [0.5, 0.6) is 5.75 Å². The van der Waals surface area contributed by atoms with Crippen molar-refractivity contribution in [1.82, 2.24) is 10.2 Å². The molecule has 2 aromatic carbocycles. The van der Waals surface area contributed by atoms with E-state index >= 15 is 0 Å². The van der Waals surface area contributed by atoms with Crippen LogP contribution >= 0.6 is 0 Å². The monoisotopic (exact) mass is 354 g/mol. The Bertz CT molecular complexity index is 746. The lowest BCUT2D eigenvalue weighted by atomic mass is 10.1. The van der Waals surface area contributed by atoms with Crippen molar-refractivity contribution in [1.29, 1.82) is 0 Å². The number of nitrogens with one attached hydrogen (secondary N) is 1. The summed E-state index contributed by atoms with van der Waals surface area (Å²) in [6, 6.07) is 16.7. The maximum Gasteiger partial charge on any atom is 0.410 e. The summed E-state index contributed by atoms with van der Waals surface area (Å²) in [6.07, 6.45) is 0.274. The van der Waals surface area contributed by atoms with Gasteiger partial charge in [0, 0.05) is 6.54 Å². The fraction of sp³-hybridized carbons (Fsp3) is 0.300. The SMILES string of the molecule is COc1ccc(CN2C(=O)OC[C@H]2C(=O)NCCc2ccccc2)cc1. The van der Waals surface area contributed by atoms with Gasteiger partial charge in [0.2, 0.25) is 5.91 Å². The first kappa shape index (κ1) is 17.8. The predicted molar refractivity (Wildman–Crippen MR) is 96.8 cm³/mol. The molecule has 1 N–H and O–H groups in total. The van der Waals surface area contributed by atoms with E-state index in [0.29, 0.717) is 13.1 Å². The summed E-state index contributed by atoms with van der Waals surface area (Å²) in [7, 11) is 1.60. The van der Waals surface area contributed by atoms with E-state index in [4.69, 9.17) is 9.47 Å². The minimum absolute atomic E-state index is 0.0756. The van der Waals surface area contributed by atoms with Gasteiger partial charge in [0.1, 0.15) is 18.4 Å². The standard InChI is InChI=1S/C20H22N2O4/c1-25-17-9-7-16(8-10-17)13-22-18(14-26-20(22)24)19(23)21-12-11-15-5-3-2-4-6-15/h2-10,18H,11-14H2,1H3,(H,21,23)/t18-/m0/s1. The minimum Gasteiger partial charge on any atom is -0.497 e. The van der Waals surface area contributed by atoms with Crippen LogP contribution in [-0.2, 0) is 22.5 Å². The van der Waals surface area contributed by atoms with Crippen molar-refractivity contribution in [2.24, 2.45) is 0 Å². The lowest BCUT2D eigenvalue weighted by Crippen LogP contribution is -2.45. The number of hydrogen-bond donors (Lipinski definition) is 1. The molecular formula is C20H22N2O4. The number of benzene rings is 2. The van der Waals surface area contributed by atoms with Crippen molar-refractivity contribution in [2.75, 3.05) is 20.3 Å². The Morgan fingerprint density at radius 3 is 2.58 bits per heavy atom. The summed E-state index contributed by atoms with van der Waals surface area (Å²) in [5.74, 6) is 0.549. The number of cyclic esters (lactones) is 1. The lowest BCUT2D eigenvalue weighted by Gasteiger charge is -2.21. The molecule has 0 spiro atoms. The molecular weight excluding hydrogens is 332 g/mol. The van der Waals surface area contributed by atoms with Crippen LogP contribution in [0.1, 0.15) is 11.1 Å². The predicted octanol–water partition coefficient (Wildman–Crippen LogP) is 2.37. The van der Waals surface area contributed by atoms with E-state index in [9.17, 15) is 9.59 Å². The number of rotatable bonds is 7. The molecule has 136 valence electrons. The normalized spacial score (nSPS) is 16.3. The Labute approximate surface area is 152 Å². The average Bonchev–Trinajstić information content (AvgIpc) is 3.04. The zero-order valence-electron chi connectivity index (χ0n) is 14.7. The van der Waals surface area contributed by atoms with Crippen molar-refractivity contribution in [2.45, 2.75) is 19.0 Å². The highest BCUT2D eigenvalue weighted by Gasteiger charge is 2.37. The summed E-state index contributed by atoms with van der Waals surface area (Å²) in [4.78, 5) is 25.9. The van der Waals surface area contributed by atoms with Crippen LogP contribution in [0.2, 0.25) is 0 Å². The van der Waals surface area contributed by atoms with Crippen LogP contribution in [0, 0.1) is 0 Å². The molecule has 1 atom stereocenters. The molecule has 1 heterocycles. The Balaban J connectivity index is 1.56. The fourth-order valence-electron chi connectivity index (χ4n) is 2.86. The van der Waals surface area contributed by atoms with Gasteiger partial charge in [0.25, 0.3) is 0 Å². The maximum atomic E-state index is 12.5. The number of amides is 2. The number of hydrogen-bond acceptors (Lipinski definition) is 4. The van der Waals surface area contributed by atoms with Gasteiger partial charge < -0.3 is 14.8 Å². The van der Waals surface area contributed by atoms with E-state index in [0.717, 1.165) is 23.3 Å². The molecule has 0 bridgehead atoms. The van der Waals surface area contributed by atoms with Crippen molar-refractivity contribution >= 4 is 12.0 Å². The molecule has 26 heavy (non-hydrogen) atoms. The number of ether oxygens (including phenoxy) is 2. The van der Waals surface area contributed by atoms with E-state index < -0.39 is 12.1 Å². The van der Waals surface area contributed by atoms with Crippen LogP contribution in [0.25, 0.3) is 0 Å². The molecule has 6 heteroatoms. The zero-order chi connectivity index (χ0) is 18.4. The number of nitrogens with zero attached hydrogens (tertiary/aromatic N) is 1. The van der Waals surface area contributed by atoms with E-state index in [1.807, 2.05) is 54.6 Å². The topological polar surface area (TPSA) is 67.9 Å². The fourth-order valence-corrected chi connectivity index (χ4v) is 2.86. The van der Waals surface area contributed by atoms with Gasteiger partial charge in [0.05, 0.1) is 13.7 Å². The summed E-state index contributed by atoms with van der Waals surface area (Å²) >= 11 is 0. The molecule has 0 aromatic heterocycles. The molecule has 3 rings (SSSR count). The molecule has 0 aliphatic carbocycles. The molecule has 1 saturated heterocycles. The van der Waals surface area contributed by atoms with E-state index in [1.54, 1.807) is 7.11 Å². The van der Waals surface area contributed by atoms with Crippen LogP contribution in [-0.4, -0.2) is 43.2 Å². The van der Waals surface area contributed by atoms with Gasteiger partial charge in [-0.25, -0.2) is 4.79 Å². The summed E-state index contributed by atoms with van der Waals surface area (Å²) in [5.41, 5.74) is 2.06. The van der Waals surface area contributed by atoms with Crippen molar-refractivity contribution in [3.63, 3.8) is 0 Å². The van der Waals surface area contributed by atoms with Gasteiger partial charge in [-0.05, 0) is 29.7 Å². The highest BCUT2D eigenvalue weighted by atomic mass is 16.6. The molecule has 0 saturated carbocycles. The second-order valence-electron chi connectivity index (χ2n) is 6.10. The number of carbonyl (C=O) groups excluding carboxylic acids is 2. The number of carbonyl (C=O) groups is 2. The first-order valence-corrected chi connectivity index (χ1v) is 8.55. The molecule has 0 radical (unpaired) electrons. The first-order chi connectivity index (χ1) is 12.7. The Kier molecular flexibility index (Phi) is 5.73. The van der Waals surface area contributed by atoms with Gasteiger partial charge in [-0.2, -0.15) is 0 Å². The largest absolute Gasteiger partial charge is 0.497 e. The second kappa shape index (κ2) is 8.38. The van der Waals surface area contributed by atoms with Gasteiger partial charge in [-0.1, -0.05) is 42.5 Å². The lowest BCUT2D eigenvalue weighted by molar-refractivity contribution is -0.124. The summed E-state index contributed by atoms with van der Waals surface area (Å²) < 4.78 is 10.2. The van der Waals surface area contributed by atoms with Crippen LogP contribution in [0.15, 0.2) is 54.6 Å². The first-order valence-electron chi connectivity index (χ1n) is 8.55. The van der Waals surface area contributed by atoms with Crippen LogP contribution < -0.4 is 10.1 Å². The maximum absolute atomic E-state index is 12.5. The molecule has 2 aromatic rings. The Morgan fingerprint density at radius 2 is 1.88 bits per heavy atom. The minimum atomic E-state index is -0.611. The molecule has 6 nitrogen and oxygen atoms in total. The van der Waals surface area contributed by atoms with Crippen molar-refractivity contribution in [3.8, 4) is 5.75 Å². The smallest absolute Gasteiger partial charge is 0.410 e. The second-order valence-corrected chi connectivity index (χ2v) is 6.10. The summed E-state index contributed by atoms with van der Waals surface area (Å²) in [5, 5.41) is 2.89. The number of methoxy groups -OCH3 is 1. The van der Waals surface area contributed by atoms with Gasteiger partial charge in [-0.15, -0.1) is 0 Å². The van der Waals surface area contributed by atoms with Crippen molar-refractivity contribution < 1.29 is 19.1 Å². The van der Waals surface area contributed by atoms with Gasteiger partial charge in [0.15, 0.2) is 0 Å². The molecule has 2 amide bonds.